The maximum Gasteiger partial charge on any atom is 0.127 e. The number of benzene rings is 1. The van der Waals surface area contributed by atoms with Gasteiger partial charge in [-0.3, -0.25) is 0 Å². The van der Waals surface area contributed by atoms with Gasteiger partial charge >= 0.3 is 0 Å². The van der Waals surface area contributed by atoms with Crippen LogP contribution in [0.5, 0.6) is 11.5 Å². The van der Waals surface area contributed by atoms with Crippen molar-refractivity contribution in [1.29, 1.82) is 0 Å². The molecule has 5 heteroatoms. The molecule has 0 saturated carbocycles. The van der Waals surface area contributed by atoms with Crippen LogP contribution in [0.2, 0.25) is 0 Å². The maximum absolute atomic E-state index is 5.50. The van der Waals surface area contributed by atoms with Gasteiger partial charge in [0.1, 0.15) is 11.5 Å². The van der Waals surface area contributed by atoms with Gasteiger partial charge in [0.15, 0.2) is 0 Å². The molecule has 0 spiro atoms. The van der Waals surface area contributed by atoms with Crippen LogP contribution in [0.15, 0.2) is 18.2 Å². The summed E-state index contributed by atoms with van der Waals surface area (Å²) >= 11 is 1.71. The Balaban J connectivity index is 2.49. The number of ether oxygens (including phenoxy) is 2. The molecule has 20 heavy (non-hydrogen) atoms. The van der Waals surface area contributed by atoms with Crippen LogP contribution >= 0.6 is 11.3 Å². The molecule has 1 N–H and O–H groups in total. The Bertz CT molecular complexity index is 596. The first-order chi connectivity index (χ1) is 9.60. The third-order valence-corrected chi connectivity index (χ3v) is 4.38. The van der Waals surface area contributed by atoms with E-state index >= 15 is 0 Å². The van der Waals surface area contributed by atoms with Gasteiger partial charge < -0.3 is 14.8 Å². The quantitative estimate of drug-likeness (QED) is 0.919. The average molecular weight is 292 g/mol. The molecule has 1 unspecified atom stereocenters. The fourth-order valence-corrected chi connectivity index (χ4v) is 3.36. The predicted molar refractivity (Wildman–Crippen MR) is 82.0 cm³/mol. The van der Waals surface area contributed by atoms with Crippen LogP contribution in [-0.2, 0) is 0 Å². The Morgan fingerprint density at radius 1 is 1.20 bits per heavy atom. The summed E-state index contributed by atoms with van der Waals surface area (Å²) in [5, 5.41) is 4.42. The second-order valence-corrected chi connectivity index (χ2v) is 5.75. The number of aromatic nitrogens is 1. The van der Waals surface area contributed by atoms with E-state index in [0.717, 1.165) is 27.8 Å². The van der Waals surface area contributed by atoms with E-state index in [0.29, 0.717) is 0 Å². The van der Waals surface area contributed by atoms with Crippen LogP contribution in [-0.4, -0.2) is 26.3 Å². The normalized spacial score (nSPS) is 12.2. The molecule has 2 rings (SSSR count). The first kappa shape index (κ1) is 14.8. The first-order valence-electron chi connectivity index (χ1n) is 6.43. The Hall–Kier alpha value is -1.59. The summed E-state index contributed by atoms with van der Waals surface area (Å²) < 4.78 is 10.8. The van der Waals surface area contributed by atoms with Crippen molar-refractivity contribution in [3.05, 3.63) is 39.3 Å². The van der Waals surface area contributed by atoms with Crippen LogP contribution in [0.1, 0.15) is 27.2 Å². The lowest BCUT2D eigenvalue weighted by Gasteiger charge is -2.19. The minimum Gasteiger partial charge on any atom is -0.497 e. The number of nitrogens with one attached hydrogen (secondary N) is 1. The van der Waals surface area contributed by atoms with Gasteiger partial charge in [0, 0.05) is 16.5 Å². The van der Waals surface area contributed by atoms with E-state index in [4.69, 9.17) is 9.47 Å². The predicted octanol–water partition coefficient (Wildman–Crippen LogP) is 3.09. The summed E-state index contributed by atoms with van der Waals surface area (Å²) in [6.45, 7) is 4.07. The van der Waals surface area contributed by atoms with E-state index in [2.05, 4.69) is 10.3 Å². The van der Waals surface area contributed by atoms with Crippen molar-refractivity contribution in [3.63, 3.8) is 0 Å². The number of nitrogens with zero attached hydrogens (tertiary/aromatic N) is 1. The number of hydrogen-bond acceptors (Lipinski definition) is 5. The molecule has 1 heterocycles. The lowest BCUT2D eigenvalue weighted by molar-refractivity contribution is 0.388. The molecule has 0 saturated heterocycles. The molecule has 0 radical (unpaired) electrons. The molecule has 0 amide bonds. The van der Waals surface area contributed by atoms with Crippen LogP contribution < -0.4 is 14.8 Å². The second-order valence-electron chi connectivity index (χ2n) is 4.51. The Morgan fingerprint density at radius 2 is 1.95 bits per heavy atom. The fraction of sp³-hybridized carbons (Fsp3) is 0.400. The number of thiazole rings is 1. The van der Waals surface area contributed by atoms with Crippen molar-refractivity contribution < 1.29 is 9.47 Å². The van der Waals surface area contributed by atoms with Crippen molar-refractivity contribution in [2.24, 2.45) is 0 Å². The topological polar surface area (TPSA) is 43.4 Å². The van der Waals surface area contributed by atoms with Gasteiger partial charge in [0.2, 0.25) is 0 Å². The molecule has 1 aromatic heterocycles. The van der Waals surface area contributed by atoms with E-state index < -0.39 is 0 Å². The third kappa shape index (κ3) is 2.78. The Kier molecular flexibility index (Phi) is 4.62. The first-order valence-corrected chi connectivity index (χ1v) is 7.25. The van der Waals surface area contributed by atoms with Gasteiger partial charge in [-0.2, -0.15) is 0 Å². The van der Waals surface area contributed by atoms with Crippen molar-refractivity contribution in [3.8, 4) is 11.5 Å². The SMILES string of the molecule is CNC(c1ccc(OC)cc1OC)c1sc(C)nc1C. The molecule has 0 bridgehead atoms. The van der Waals surface area contributed by atoms with Crippen LogP contribution in [0, 0.1) is 13.8 Å². The number of hydrogen-bond donors (Lipinski definition) is 1. The van der Waals surface area contributed by atoms with Gasteiger partial charge in [-0.05, 0) is 33.0 Å². The van der Waals surface area contributed by atoms with E-state index in [1.807, 2.05) is 39.1 Å². The highest BCUT2D eigenvalue weighted by Gasteiger charge is 2.21. The van der Waals surface area contributed by atoms with Gasteiger partial charge in [0.05, 0.1) is 31.0 Å². The van der Waals surface area contributed by atoms with Crippen molar-refractivity contribution in [1.82, 2.24) is 10.3 Å². The van der Waals surface area contributed by atoms with Gasteiger partial charge in [-0.25, -0.2) is 4.98 Å². The summed E-state index contributed by atoms with van der Waals surface area (Å²) in [4.78, 5) is 5.72. The van der Waals surface area contributed by atoms with E-state index in [-0.39, 0.29) is 6.04 Å². The summed E-state index contributed by atoms with van der Waals surface area (Å²) in [6.07, 6.45) is 0. The van der Waals surface area contributed by atoms with E-state index in [1.165, 1.54) is 4.88 Å². The minimum atomic E-state index is 0.0713. The molecule has 108 valence electrons. The van der Waals surface area contributed by atoms with Crippen LogP contribution in [0.4, 0.5) is 0 Å². The van der Waals surface area contributed by atoms with E-state index in [1.54, 1.807) is 25.6 Å². The van der Waals surface area contributed by atoms with E-state index in [9.17, 15) is 0 Å². The smallest absolute Gasteiger partial charge is 0.127 e. The fourth-order valence-electron chi connectivity index (χ4n) is 2.30. The molecule has 1 atom stereocenters. The zero-order chi connectivity index (χ0) is 14.7. The standard InChI is InChI=1S/C15H20N2O2S/c1-9-15(20-10(2)17-9)14(16-3)12-7-6-11(18-4)8-13(12)19-5/h6-8,14,16H,1-5H3. The van der Waals surface area contributed by atoms with Crippen molar-refractivity contribution in [2.45, 2.75) is 19.9 Å². The Morgan fingerprint density at radius 3 is 2.45 bits per heavy atom. The molecular weight excluding hydrogens is 272 g/mol. The lowest BCUT2D eigenvalue weighted by atomic mass is 10.0. The molecule has 0 aliphatic rings. The minimum absolute atomic E-state index is 0.0713. The summed E-state index contributed by atoms with van der Waals surface area (Å²) in [6, 6.07) is 5.96. The maximum atomic E-state index is 5.50. The molecule has 0 fully saturated rings. The zero-order valence-corrected chi connectivity index (χ0v) is 13.3. The highest BCUT2D eigenvalue weighted by atomic mass is 32.1. The van der Waals surface area contributed by atoms with Crippen molar-refractivity contribution >= 4 is 11.3 Å². The molecule has 0 aliphatic carbocycles. The summed E-state index contributed by atoms with van der Waals surface area (Å²) in [5.41, 5.74) is 2.15. The molecule has 4 nitrogen and oxygen atoms in total. The number of methoxy groups -OCH3 is 2. The Labute approximate surface area is 123 Å². The van der Waals surface area contributed by atoms with Crippen LogP contribution in [0.25, 0.3) is 0 Å². The van der Waals surface area contributed by atoms with Gasteiger partial charge in [0.25, 0.3) is 0 Å². The molecular formula is C15H20N2O2S. The third-order valence-electron chi connectivity index (χ3n) is 3.24. The number of rotatable bonds is 5. The monoisotopic (exact) mass is 292 g/mol. The molecule has 0 aliphatic heterocycles. The van der Waals surface area contributed by atoms with Crippen molar-refractivity contribution in [2.75, 3.05) is 21.3 Å². The highest BCUT2D eigenvalue weighted by molar-refractivity contribution is 7.11. The largest absolute Gasteiger partial charge is 0.497 e. The number of aryl methyl sites for hydroxylation is 2. The van der Waals surface area contributed by atoms with Gasteiger partial charge in [-0.15, -0.1) is 11.3 Å². The van der Waals surface area contributed by atoms with Crippen LogP contribution in [0.3, 0.4) is 0 Å². The molecule has 1 aromatic carbocycles. The highest BCUT2D eigenvalue weighted by Crippen LogP contribution is 2.36. The zero-order valence-electron chi connectivity index (χ0n) is 12.5. The molecule has 2 aromatic rings. The lowest BCUT2D eigenvalue weighted by Crippen LogP contribution is -2.18. The summed E-state index contributed by atoms with van der Waals surface area (Å²) in [5.74, 6) is 1.60. The second kappa shape index (κ2) is 6.24. The van der Waals surface area contributed by atoms with Gasteiger partial charge in [-0.1, -0.05) is 0 Å². The average Bonchev–Trinajstić information content (AvgIpc) is 2.79. The summed E-state index contributed by atoms with van der Waals surface area (Å²) in [7, 11) is 5.28.